The molecule has 0 N–H and O–H groups in total. The van der Waals surface area contributed by atoms with Crippen molar-refractivity contribution in [3.05, 3.63) is 57.9 Å². The second kappa shape index (κ2) is 7.67. The molecule has 26 heavy (non-hydrogen) atoms. The van der Waals surface area contributed by atoms with Crippen molar-refractivity contribution < 1.29 is 27.2 Å². The fourth-order valence-electron chi connectivity index (χ4n) is 2.38. The van der Waals surface area contributed by atoms with Gasteiger partial charge in [-0.1, -0.05) is 12.1 Å². The summed E-state index contributed by atoms with van der Waals surface area (Å²) in [5.41, 5.74) is -0.368. The van der Waals surface area contributed by atoms with Crippen LogP contribution in [0.3, 0.4) is 0 Å². The van der Waals surface area contributed by atoms with Gasteiger partial charge in [0.05, 0.1) is 24.0 Å². The molecule has 0 fully saturated rings. The van der Waals surface area contributed by atoms with Gasteiger partial charge in [-0.05, 0) is 18.2 Å². The van der Waals surface area contributed by atoms with E-state index in [1.165, 1.54) is 21.3 Å². The van der Waals surface area contributed by atoms with Crippen molar-refractivity contribution in [2.75, 3.05) is 21.3 Å². The first kappa shape index (κ1) is 19.6. The van der Waals surface area contributed by atoms with Gasteiger partial charge in [0, 0.05) is 25.2 Å². The number of para-hydroxylation sites is 1. The number of rotatable bonds is 7. The zero-order valence-corrected chi connectivity index (χ0v) is 15.1. The predicted octanol–water partition coefficient (Wildman–Crippen LogP) is 2.57. The van der Waals surface area contributed by atoms with Crippen LogP contribution in [0, 0.1) is 15.9 Å². The van der Waals surface area contributed by atoms with Crippen LogP contribution in [0.2, 0.25) is 0 Å². The molecule has 2 rings (SSSR count). The van der Waals surface area contributed by atoms with Crippen molar-refractivity contribution in [2.24, 2.45) is 0 Å². The molecule has 2 aromatic carbocycles. The van der Waals surface area contributed by atoms with Crippen molar-refractivity contribution in [3.63, 3.8) is 0 Å². The van der Waals surface area contributed by atoms with Crippen LogP contribution in [0.1, 0.15) is 5.56 Å². The SMILES string of the molecule is COc1cccc(CN(C)S(=O)(=O)c2ccc(F)c([N+](=O)[O-])c2)c1OC. The second-order valence-corrected chi connectivity index (χ2v) is 7.33. The minimum Gasteiger partial charge on any atom is -0.493 e. The van der Waals surface area contributed by atoms with Gasteiger partial charge >= 0.3 is 5.69 Å². The minimum absolute atomic E-state index is 0.0755. The van der Waals surface area contributed by atoms with Crippen molar-refractivity contribution in [1.82, 2.24) is 4.31 Å². The van der Waals surface area contributed by atoms with Crippen LogP contribution in [-0.4, -0.2) is 38.9 Å². The first-order valence-electron chi connectivity index (χ1n) is 7.32. The Balaban J connectivity index is 2.39. The van der Waals surface area contributed by atoms with Gasteiger partial charge in [-0.2, -0.15) is 8.70 Å². The summed E-state index contributed by atoms with van der Waals surface area (Å²) in [4.78, 5) is 9.49. The van der Waals surface area contributed by atoms with E-state index in [-0.39, 0.29) is 11.4 Å². The molecule has 0 unspecified atom stereocenters. The van der Waals surface area contributed by atoms with Crippen molar-refractivity contribution >= 4 is 15.7 Å². The molecule has 0 spiro atoms. The Morgan fingerprint density at radius 2 is 1.88 bits per heavy atom. The summed E-state index contributed by atoms with van der Waals surface area (Å²) in [5, 5.41) is 10.8. The quantitative estimate of drug-likeness (QED) is 0.537. The van der Waals surface area contributed by atoms with E-state index in [1.807, 2.05) is 0 Å². The normalized spacial score (nSPS) is 11.4. The summed E-state index contributed by atoms with van der Waals surface area (Å²) >= 11 is 0. The zero-order chi connectivity index (χ0) is 19.5. The molecule has 0 aliphatic heterocycles. The first-order chi connectivity index (χ1) is 12.2. The summed E-state index contributed by atoms with van der Waals surface area (Å²) in [6.45, 7) is -0.0755. The molecule has 0 heterocycles. The summed E-state index contributed by atoms with van der Waals surface area (Å²) in [6, 6.07) is 7.45. The zero-order valence-electron chi connectivity index (χ0n) is 14.3. The molecule has 0 bridgehead atoms. The highest BCUT2D eigenvalue weighted by molar-refractivity contribution is 7.89. The molecule has 0 atom stereocenters. The van der Waals surface area contributed by atoms with Gasteiger partial charge in [0.1, 0.15) is 0 Å². The van der Waals surface area contributed by atoms with E-state index < -0.39 is 26.5 Å². The van der Waals surface area contributed by atoms with Crippen LogP contribution in [0.15, 0.2) is 41.3 Å². The van der Waals surface area contributed by atoms with Crippen molar-refractivity contribution in [1.29, 1.82) is 0 Å². The Hall–Kier alpha value is -2.72. The number of nitrogens with zero attached hydrogens (tertiary/aromatic N) is 2. The van der Waals surface area contributed by atoms with E-state index in [4.69, 9.17) is 9.47 Å². The number of ether oxygens (including phenoxy) is 2. The van der Waals surface area contributed by atoms with Gasteiger partial charge < -0.3 is 9.47 Å². The summed E-state index contributed by atoms with van der Waals surface area (Å²) in [7, 11) is 0.108. The molecular weight excluding hydrogens is 367 g/mol. The number of halogens is 1. The smallest absolute Gasteiger partial charge is 0.306 e. The average molecular weight is 384 g/mol. The summed E-state index contributed by atoms with van der Waals surface area (Å²) in [6.07, 6.45) is 0. The Morgan fingerprint density at radius 1 is 1.19 bits per heavy atom. The number of nitro benzene ring substituents is 1. The third-order valence-electron chi connectivity index (χ3n) is 3.70. The average Bonchev–Trinajstić information content (AvgIpc) is 2.61. The molecule has 0 radical (unpaired) electrons. The van der Waals surface area contributed by atoms with Crippen LogP contribution in [0.25, 0.3) is 0 Å². The lowest BCUT2D eigenvalue weighted by atomic mass is 10.2. The minimum atomic E-state index is -4.09. The summed E-state index contributed by atoms with van der Waals surface area (Å²) in [5.74, 6) is -0.290. The molecule has 8 nitrogen and oxygen atoms in total. The van der Waals surface area contributed by atoms with Crippen molar-refractivity contribution in [3.8, 4) is 11.5 Å². The fourth-order valence-corrected chi connectivity index (χ4v) is 3.55. The van der Waals surface area contributed by atoms with Crippen LogP contribution in [-0.2, 0) is 16.6 Å². The molecule has 2 aromatic rings. The molecular formula is C16H17FN2O6S. The Bertz CT molecular complexity index is 932. The molecule has 0 saturated carbocycles. The third kappa shape index (κ3) is 3.75. The molecule has 0 aliphatic rings. The Labute approximate surface area is 150 Å². The first-order valence-corrected chi connectivity index (χ1v) is 8.76. The van der Waals surface area contributed by atoms with E-state index in [0.29, 0.717) is 23.1 Å². The maximum atomic E-state index is 13.5. The molecule has 0 saturated heterocycles. The molecule has 0 aromatic heterocycles. The predicted molar refractivity (Wildman–Crippen MR) is 91.3 cm³/mol. The Kier molecular flexibility index (Phi) is 5.78. The van der Waals surface area contributed by atoms with Gasteiger partial charge in [0.2, 0.25) is 15.8 Å². The third-order valence-corrected chi connectivity index (χ3v) is 5.50. The van der Waals surface area contributed by atoms with E-state index in [9.17, 15) is 22.9 Å². The lowest BCUT2D eigenvalue weighted by Crippen LogP contribution is -2.27. The number of hydrogen-bond donors (Lipinski definition) is 0. The fraction of sp³-hybridized carbons (Fsp3) is 0.250. The second-order valence-electron chi connectivity index (χ2n) is 5.28. The highest BCUT2D eigenvalue weighted by Crippen LogP contribution is 2.32. The largest absolute Gasteiger partial charge is 0.493 e. The molecule has 0 aliphatic carbocycles. The van der Waals surface area contributed by atoms with Gasteiger partial charge in [0.15, 0.2) is 11.5 Å². The van der Waals surface area contributed by atoms with Crippen LogP contribution in [0.4, 0.5) is 10.1 Å². The van der Waals surface area contributed by atoms with Crippen molar-refractivity contribution in [2.45, 2.75) is 11.4 Å². The van der Waals surface area contributed by atoms with Gasteiger partial charge in [-0.25, -0.2) is 8.42 Å². The molecule has 10 heteroatoms. The van der Waals surface area contributed by atoms with Crippen LogP contribution >= 0.6 is 0 Å². The number of hydrogen-bond acceptors (Lipinski definition) is 6. The van der Waals surface area contributed by atoms with Crippen LogP contribution in [0.5, 0.6) is 11.5 Å². The van der Waals surface area contributed by atoms with Crippen LogP contribution < -0.4 is 9.47 Å². The number of sulfonamides is 1. The van der Waals surface area contributed by atoms with E-state index in [2.05, 4.69) is 0 Å². The highest BCUT2D eigenvalue weighted by atomic mass is 32.2. The highest BCUT2D eigenvalue weighted by Gasteiger charge is 2.26. The number of methoxy groups -OCH3 is 2. The van der Waals surface area contributed by atoms with Gasteiger partial charge in [-0.15, -0.1) is 0 Å². The van der Waals surface area contributed by atoms with Gasteiger partial charge in [0.25, 0.3) is 0 Å². The maximum absolute atomic E-state index is 13.5. The van der Waals surface area contributed by atoms with E-state index in [0.717, 1.165) is 16.4 Å². The number of nitro groups is 1. The summed E-state index contributed by atoms with van der Waals surface area (Å²) < 4.78 is 50.3. The topological polar surface area (TPSA) is 99.0 Å². The number of benzene rings is 2. The van der Waals surface area contributed by atoms with E-state index >= 15 is 0 Å². The maximum Gasteiger partial charge on any atom is 0.306 e. The lowest BCUT2D eigenvalue weighted by Gasteiger charge is -2.19. The van der Waals surface area contributed by atoms with Gasteiger partial charge in [-0.3, -0.25) is 10.1 Å². The standard InChI is InChI=1S/C16H17FN2O6S/c1-18(10-11-5-4-6-15(24-2)16(11)25-3)26(22,23)12-7-8-13(17)14(9-12)19(20)21/h4-9H,10H2,1-3H3. The Morgan fingerprint density at radius 3 is 2.46 bits per heavy atom. The monoisotopic (exact) mass is 384 g/mol. The molecule has 0 amide bonds. The lowest BCUT2D eigenvalue weighted by molar-refractivity contribution is -0.387. The van der Waals surface area contributed by atoms with E-state index in [1.54, 1.807) is 18.2 Å². The molecule has 140 valence electrons.